The first-order valence-electron chi connectivity index (χ1n) is 5.16. The fraction of sp³-hybridized carbons (Fsp3) is 0.0769. The zero-order chi connectivity index (χ0) is 13.3. The fourth-order valence-corrected chi connectivity index (χ4v) is 2.95. The molecular formula is C13H10BrF2NS. The highest BCUT2D eigenvalue weighted by Crippen LogP contribution is 2.37. The number of nitrogens with two attached hydrogens (primary N) is 1. The maximum atomic E-state index is 13.5. The number of nitrogen functional groups attached to an aromatic ring is 1. The first-order chi connectivity index (χ1) is 8.47. The number of hydrogen-bond acceptors (Lipinski definition) is 2. The summed E-state index contributed by atoms with van der Waals surface area (Å²) in [6.07, 6.45) is 0. The van der Waals surface area contributed by atoms with Gasteiger partial charge in [0.05, 0.1) is 0 Å². The zero-order valence-electron chi connectivity index (χ0n) is 9.51. The molecule has 0 saturated heterocycles. The second kappa shape index (κ2) is 5.28. The van der Waals surface area contributed by atoms with E-state index in [4.69, 9.17) is 5.73 Å². The van der Waals surface area contributed by atoms with Crippen LogP contribution in [0.4, 0.5) is 14.5 Å². The van der Waals surface area contributed by atoms with Gasteiger partial charge in [0.25, 0.3) is 0 Å². The number of anilines is 1. The molecule has 0 unspecified atom stereocenters. The van der Waals surface area contributed by atoms with Crippen LogP contribution in [0.1, 0.15) is 5.56 Å². The van der Waals surface area contributed by atoms with Crippen LogP contribution in [0.3, 0.4) is 0 Å². The van der Waals surface area contributed by atoms with E-state index in [0.29, 0.717) is 10.6 Å². The Balaban J connectivity index is 2.37. The topological polar surface area (TPSA) is 26.0 Å². The molecule has 2 rings (SSSR count). The maximum absolute atomic E-state index is 13.5. The summed E-state index contributed by atoms with van der Waals surface area (Å²) in [4.78, 5) is 1.22. The highest BCUT2D eigenvalue weighted by atomic mass is 79.9. The molecule has 0 aliphatic carbocycles. The Morgan fingerprint density at radius 3 is 2.50 bits per heavy atom. The van der Waals surface area contributed by atoms with Crippen LogP contribution in [-0.2, 0) is 0 Å². The summed E-state index contributed by atoms with van der Waals surface area (Å²) >= 11 is 4.61. The predicted molar refractivity (Wildman–Crippen MR) is 73.8 cm³/mol. The van der Waals surface area contributed by atoms with Gasteiger partial charge >= 0.3 is 0 Å². The van der Waals surface area contributed by atoms with Gasteiger partial charge in [0.15, 0.2) is 0 Å². The predicted octanol–water partition coefficient (Wildman–Crippen LogP) is 4.77. The highest BCUT2D eigenvalue weighted by molar-refractivity contribution is 9.10. The Hall–Kier alpha value is -1.07. The largest absolute Gasteiger partial charge is 0.398 e. The molecule has 94 valence electrons. The third-order valence-corrected chi connectivity index (χ3v) is 4.46. The lowest BCUT2D eigenvalue weighted by Crippen LogP contribution is -1.91. The molecule has 2 aromatic rings. The quantitative estimate of drug-likeness (QED) is 0.803. The summed E-state index contributed by atoms with van der Waals surface area (Å²) < 4.78 is 27.1. The van der Waals surface area contributed by atoms with Gasteiger partial charge in [0.2, 0.25) is 0 Å². The van der Waals surface area contributed by atoms with Crippen molar-refractivity contribution in [2.45, 2.75) is 16.7 Å². The number of aryl methyl sites for hydroxylation is 1. The first-order valence-corrected chi connectivity index (χ1v) is 6.77. The van der Waals surface area contributed by atoms with Gasteiger partial charge in [-0.1, -0.05) is 11.8 Å². The Kier molecular flexibility index (Phi) is 3.92. The van der Waals surface area contributed by atoms with Crippen molar-refractivity contribution in [3.63, 3.8) is 0 Å². The lowest BCUT2D eigenvalue weighted by molar-refractivity contribution is 0.565. The summed E-state index contributed by atoms with van der Waals surface area (Å²) in [5.41, 5.74) is 7.36. The van der Waals surface area contributed by atoms with Gasteiger partial charge in [-0.3, -0.25) is 0 Å². The van der Waals surface area contributed by atoms with Crippen LogP contribution in [0.5, 0.6) is 0 Å². The Morgan fingerprint density at radius 1 is 1.11 bits per heavy atom. The van der Waals surface area contributed by atoms with E-state index in [9.17, 15) is 8.78 Å². The van der Waals surface area contributed by atoms with Crippen LogP contribution in [0.15, 0.2) is 44.6 Å². The Labute approximate surface area is 117 Å². The molecule has 2 N–H and O–H groups in total. The summed E-state index contributed by atoms with van der Waals surface area (Å²) in [7, 11) is 0. The summed E-state index contributed by atoms with van der Waals surface area (Å²) in [6.45, 7) is 1.88. The number of benzene rings is 2. The van der Waals surface area contributed by atoms with Gasteiger partial charge in [-0.2, -0.15) is 0 Å². The van der Waals surface area contributed by atoms with Crippen molar-refractivity contribution in [3.8, 4) is 0 Å². The molecule has 0 aliphatic rings. The SMILES string of the molecule is Cc1cc(Sc2ccc(F)cc2F)c(Br)cc1N. The number of halogens is 3. The molecule has 0 bridgehead atoms. The minimum absolute atomic E-state index is 0.376. The van der Waals surface area contributed by atoms with Crippen LogP contribution in [0.2, 0.25) is 0 Å². The molecular weight excluding hydrogens is 320 g/mol. The van der Waals surface area contributed by atoms with E-state index >= 15 is 0 Å². The molecule has 0 radical (unpaired) electrons. The van der Waals surface area contributed by atoms with Crippen molar-refractivity contribution < 1.29 is 8.78 Å². The number of rotatable bonds is 2. The molecule has 0 aromatic heterocycles. The van der Waals surface area contributed by atoms with Crippen LogP contribution < -0.4 is 5.73 Å². The third kappa shape index (κ3) is 2.84. The van der Waals surface area contributed by atoms with Gasteiger partial charge in [0, 0.05) is 26.0 Å². The molecule has 5 heteroatoms. The molecule has 0 amide bonds. The van der Waals surface area contributed by atoms with E-state index in [-0.39, 0.29) is 0 Å². The van der Waals surface area contributed by atoms with E-state index in [1.54, 1.807) is 6.07 Å². The van der Waals surface area contributed by atoms with Gasteiger partial charge < -0.3 is 5.73 Å². The van der Waals surface area contributed by atoms with Crippen LogP contribution >= 0.6 is 27.7 Å². The fourth-order valence-electron chi connectivity index (χ4n) is 1.43. The summed E-state index contributed by atoms with van der Waals surface area (Å²) in [5.74, 6) is -1.15. The van der Waals surface area contributed by atoms with Crippen molar-refractivity contribution in [2.75, 3.05) is 5.73 Å². The average molecular weight is 330 g/mol. The second-order valence-corrected chi connectivity index (χ2v) is 5.75. The van der Waals surface area contributed by atoms with Gasteiger partial charge in [-0.05, 0) is 52.7 Å². The van der Waals surface area contributed by atoms with Crippen molar-refractivity contribution >= 4 is 33.4 Å². The highest BCUT2D eigenvalue weighted by Gasteiger charge is 2.09. The lowest BCUT2D eigenvalue weighted by Gasteiger charge is -2.08. The minimum Gasteiger partial charge on any atom is -0.398 e. The smallest absolute Gasteiger partial charge is 0.140 e. The second-order valence-electron chi connectivity index (χ2n) is 3.82. The van der Waals surface area contributed by atoms with E-state index < -0.39 is 11.6 Å². The van der Waals surface area contributed by atoms with E-state index in [1.165, 1.54) is 23.9 Å². The molecule has 2 aromatic carbocycles. The van der Waals surface area contributed by atoms with E-state index in [1.807, 2.05) is 13.0 Å². The first kappa shape index (κ1) is 13.4. The zero-order valence-corrected chi connectivity index (χ0v) is 11.9. The van der Waals surface area contributed by atoms with Crippen molar-refractivity contribution in [3.05, 3.63) is 52.0 Å². The van der Waals surface area contributed by atoms with Gasteiger partial charge in [-0.15, -0.1) is 0 Å². The van der Waals surface area contributed by atoms with Crippen LogP contribution in [0, 0.1) is 18.6 Å². The molecule has 0 heterocycles. The summed E-state index contributed by atoms with van der Waals surface area (Å²) in [5, 5.41) is 0. The van der Waals surface area contributed by atoms with Crippen molar-refractivity contribution in [1.82, 2.24) is 0 Å². The molecule has 0 spiro atoms. The van der Waals surface area contributed by atoms with Crippen LogP contribution in [-0.4, -0.2) is 0 Å². The monoisotopic (exact) mass is 329 g/mol. The van der Waals surface area contributed by atoms with Crippen molar-refractivity contribution in [2.24, 2.45) is 0 Å². The summed E-state index contributed by atoms with van der Waals surface area (Å²) in [6, 6.07) is 7.18. The van der Waals surface area contributed by atoms with Crippen molar-refractivity contribution in [1.29, 1.82) is 0 Å². The Bertz CT molecular complexity index is 602. The molecule has 1 nitrogen and oxygen atoms in total. The molecule has 0 saturated carbocycles. The normalized spacial score (nSPS) is 10.7. The van der Waals surface area contributed by atoms with Gasteiger partial charge in [0.1, 0.15) is 11.6 Å². The van der Waals surface area contributed by atoms with Gasteiger partial charge in [-0.25, -0.2) is 8.78 Å². The standard InChI is InChI=1S/C13H10BrF2NS/c1-7-4-13(9(14)6-11(7)17)18-12-3-2-8(15)5-10(12)16/h2-6H,17H2,1H3. The third-order valence-electron chi connectivity index (χ3n) is 2.43. The molecule has 0 atom stereocenters. The minimum atomic E-state index is -0.579. The molecule has 0 aliphatic heterocycles. The van der Waals surface area contributed by atoms with E-state index in [2.05, 4.69) is 15.9 Å². The molecule has 0 fully saturated rings. The Morgan fingerprint density at radius 2 is 1.83 bits per heavy atom. The van der Waals surface area contributed by atoms with E-state index in [0.717, 1.165) is 21.0 Å². The molecule has 18 heavy (non-hydrogen) atoms. The maximum Gasteiger partial charge on any atom is 0.140 e. The van der Waals surface area contributed by atoms with Crippen LogP contribution in [0.25, 0.3) is 0 Å². The lowest BCUT2D eigenvalue weighted by atomic mass is 10.2. The average Bonchev–Trinajstić information content (AvgIpc) is 2.29. The number of hydrogen-bond donors (Lipinski definition) is 1.